The van der Waals surface area contributed by atoms with Crippen molar-refractivity contribution < 1.29 is 4.79 Å². The van der Waals surface area contributed by atoms with Gasteiger partial charge in [-0.2, -0.15) is 0 Å². The standard InChI is InChI=1S/C11H14BrN3O/c12-10-5-9(13)2-1-8(10)6-15-4-3-14-11(16)7-15/h1-2,5H,3-4,6-7,13H2,(H,14,16). The van der Waals surface area contributed by atoms with Gasteiger partial charge in [0.1, 0.15) is 0 Å². The highest BCUT2D eigenvalue weighted by Crippen LogP contribution is 2.21. The summed E-state index contributed by atoms with van der Waals surface area (Å²) in [4.78, 5) is 13.3. The van der Waals surface area contributed by atoms with Gasteiger partial charge in [0.15, 0.2) is 0 Å². The first kappa shape index (κ1) is 11.4. The zero-order chi connectivity index (χ0) is 11.5. The van der Waals surface area contributed by atoms with Gasteiger partial charge in [0.25, 0.3) is 0 Å². The first-order valence-electron chi connectivity index (χ1n) is 5.18. The Labute approximate surface area is 103 Å². The Balaban J connectivity index is 2.05. The molecule has 86 valence electrons. The molecule has 4 nitrogen and oxygen atoms in total. The predicted molar refractivity (Wildman–Crippen MR) is 66.8 cm³/mol. The Kier molecular flexibility index (Phi) is 3.46. The molecule has 1 saturated heterocycles. The molecule has 0 atom stereocenters. The Hall–Kier alpha value is -1.07. The molecule has 1 amide bonds. The fraction of sp³-hybridized carbons (Fsp3) is 0.364. The maximum absolute atomic E-state index is 11.2. The van der Waals surface area contributed by atoms with E-state index in [2.05, 4.69) is 26.1 Å². The maximum atomic E-state index is 11.2. The van der Waals surface area contributed by atoms with E-state index in [1.165, 1.54) is 0 Å². The third-order valence-corrected chi connectivity index (χ3v) is 3.33. The SMILES string of the molecule is Nc1ccc(CN2CCNC(=O)C2)c(Br)c1. The molecular weight excluding hydrogens is 270 g/mol. The first-order valence-corrected chi connectivity index (χ1v) is 5.97. The Morgan fingerprint density at radius 3 is 3.00 bits per heavy atom. The summed E-state index contributed by atoms with van der Waals surface area (Å²) in [6.45, 7) is 2.86. The van der Waals surface area contributed by atoms with Crippen LogP contribution in [-0.4, -0.2) is 30.4 Å². The quantitative estimate of drug-likeness (QED) is 0.795. The fourth-order valence-corrected chi connectivity index (χ4v) is 2.28. The molecule has 1 heterocycles. The number of hydrogen-bond donors (Lipinski definition) is 2. The number of nitrogens with one attached hydrogen (secondary N) is 1. The van der Waals surface area contributed by atoms with E-state index in [4.69, 9.17) is 5.73 Å². The van der Waals surface area contributed by atoms with Crippen LogP contribution in [0.25, 0.3) is 0 Å². The highest BCUT2D eigenvalue weighted by Gasteiger charge is 2.16. The summed E-state index contributed by atoms with van der Waals surface area (Å²) in [6, 6.07) is 5.76. The summed E-state index contributed by atoms with van der Waals surface area (Å²) >= 11 is 3.48. The van der Waals surface area contributed by atoms with Crippen LogP contribution in [0.1, 0.15) is 5.56 Å². The zero-order valence-corrected chi connectivity index (χ0v) is 10.5. The number of amides is 1. The lowest BCUT2D eigenvalue weighted by molar-refractivity contribution is -0.124. The molecule has 16 heavy (non-hydrogen) atoms. The van der Waals surface area contributed by atoms with E-state index in [0.29, 0.717) is 6.54 Å². The lowest BCUT2D eigenvalue weighted by Crippen LogP contribution is -2.47. The average molecular weight is 284 g/mol. The van der Waals surface area contributed by atoms with E-state index in [0.717, 1.165) is 35.4 Å². The summed E-state index contributed by atoms with van der Waals surface area (Å²) in [5.74, 6) is 0.0952. The summed E-state index contributed by atoms with van der Waals surface area (Å²) < 4.78 is 0.999. The number of halogens is 1. The third kappa shape index (κ3) is 2.74. The van der Waals surface area contributed by atoms with E-state index in [1.54, 1.807) is 0 Å². The van der Waals surface area contributed by atoms with Crippen molar-refractivity contribution in [2.45, 2.75) is 6.54 Å². The Bertz CT molecular complexity index is 408. The third-order valence-electron chi connectivity index (χ3n) is 2.59. The van der Waals surface area contributed by atoms with Gasteiger partial charge in [-0.1, -0.05) is 22.0 Å². The Morgan fingerprint density at radius 2 is 2.31 bits per heavy atom. The molecule has 0 radical (unpaired) electrons. The number of nitrogen functional groups attached to an aromatic ring is 1. The van der Waals surface area contributed by atoms with Gasteiger partial charge in [-0.15, -0.1) is 0 Å². The van der Waals surface area contributed by atoms with E-state index in [9.17, 15) is 4.79 Å². The first-order chi connectivity index (χ1) is 7.65. The van der Waals surface area contributed by atoms with Gasteiger partial charge in [0, 0.05) is 29.8 Å². The maximum Gasteiger partial charge on any atom is 0.234 e. The summed E-state index contributed by atoms with van der Waals surface area (Å²) in [5.41, 5.74) is 7.57. The average Bonchev–Trinajstić information content (AvgIpc) is 2.22. The van der Waals surface area contributed by atoms with Crippen LogP contribution in [0.2, 0.25) is 0 Å². The van der Waals surface area contributed by atoms with Crippen molar-refractivity contribution >= 4 is 27.5 Å². The lowest BCUT2D eigenvalue weighted by atomic mass is 10.2. The number of nitrogens with two attached hydrogens (primary N) is 1. The van der Waals surface area contributed by atoms with Crippen LogP contribution in [0.3, 0.4) is 0 Å². The molecule has 1 aromatic rings. The molecule has 0 spiro atoms. The molecule has 3 N–H and O–H groups in total. The summed E-state index contributed by atoms with van der Waals surface area (Å²) in [5, 5.41) is 2.81. The van der Waals surface area contributed by atoms with Gasteiger partial charge in [-0.25, -0.2) is 0 Å². The lowest BCUT2D eigenvalue weighted by Gasteiger charge is -2.26. The minimum absolute atomic E-state index is 0.0952. The second-order valence-corrected chi connectivity index (χ2v) is 4.77. The Morgan fingerprint density at radius 1 is 1.50 bits per heavy atom. The largest absolute Gasteiger partial charge is 0.399 e. The molecule has 2 rings (SSSR count). The van der Waals surface area contributed by atoms with Crippen LogP contribution in [0.4, 0.5) is 5.69 Å². The second kappa shape index (κ2) is 4.84. The van der Waals surface area contributed by atoms with Crippen molar-refractivity contribution in [2.75, 3.05) is 25.4 Å². The fourth-order valence-electron chi connectivity index (χ4n) is 1.76. The molecule has 5 heteroatoms. The van der Waals surface area contributed by atoms with E-state index in [-0.39, 0.29) is 5.91 Å². The summed E-state index contributed by atoms with van der Waals surface area (Å²) in [7, 11) is 0. The number of carbonyl (C=O) groups excluding carboxylic acids is 1. The molecule has 0 unspecified atom stereocenters. The van der Waals surface area contributed by atoms with Crippen LogP contribution in [0.15, 0.2) is 22.7 Å². The molecule has 0 aromatic heterocycles. The van der Waals surface area contributed by atoms with Gasteiger partial charge >= 0.3 is 0 Å². The van der Waals surface area contributed by atoms with Gasteiger partial charge in [-0.3, -0.25) is 9.69 Å². The van der Waals surface area contributed by atoms with Crippen molar-refractivity contribution in [3.8, 4) is 0 Å². The van der Waals surface area contributed by atoms with Crippen molar-refractivity contribution in [2.24, 2.45) is 0 Å². The highest BCUT2D eigenvalue weighted by atomic mass is 79.9. The monoisotopic (exact) mass is 283 g/mol. The van der Waals surface area contributed by atoms with Crippen LogP contribution in [-0.2, 0) is 11.3 Å². The van der Waals surface area contributed by atoms with Gasteiger partial charge in [-0.05, 0) is 17.7 Å². The number of carbonyl (C=O) groups is 1. The van der Waals surface area contributed by atoms with E-state index in [1.807, 2.05) is 18.2 Å². The van der Waals surface area contributed by atoms with E-state index >= 15 is 0 Å². The number of anilines is 1. The highest BCUT2D eigenvalue weighted by molar-refractivity contribution is 9.10. The van der Waals surface area contributed by atoms with Gasteiger partial charge in [0.2, 0.25) is 5.91 Å². The van der Waals surface area contributed by atoms with Crippen molar-refractivity contribution in [1.82, 2.24) is 10.2 Å². The molecular formula is C11H14BrN3O. The molecule has 0 bridgehead atoms. The topological polar surface area (TPSA) is 58.4 Å². The number of piperazine rings is 1. The van der Waals surface area contributed by atoms with Crippen LogP contribution >= 0.6 is 15.9 Å². The number of nitrogens with zero attached hydrogens (tertiary/aromatic N) is 1. The minimum Gasteiger partial charge on any atom is -0.399 e. The predicted octanol–water partition coefficient (Wildman–Crippen LogP) is 0.963. The molecule has 1 aliphatic heterocycles. The van der Waals surface area contributed by atoms with Crippen LogP contribution in [0, 0.1) is 0 Å². The van der Waals surface area contributed by atoms with Crippen molar-refractivity contribution in [3.63, 3.8) is 0 Å². The molecule has 1 fully saturated rings. The number of rotatable bonds is 2. The van der Waals surface area contributed by atoms with Gasteiger partial charge < -0.3 is 11.1 Å². The molecule has 1 aliphatic rings. The van der Waals surface area contributed by atoms with E-state index < -0.39 is 0 Å². The smallest absolute Gasteiger partial charge is 0.234 e. The molecule has 0 aliphatic carbocycles. The minimum atomic E-state index is 0.0952. The van der Waals surface area contributed by atoms with Crippen molar-refractivity contribution in [1.29, 1.82) is 0 Å². The summed E-state index contributed by atoms with van der Waals surface area (Å²) in [6.07, 6.45) is 0. The van der Waals surface area contributed by atoms with Gasteiger partial charge in [0.05, 0.1) is 6.54 Å². The molecule has 0 saturated carbocycles. The van der Waals surface area contributed by atoms with Crippen LogP contribution in [0.5, 0.6) is 0 Å². The zero-order valence-electron chi connectivity index (χ0n) is 8.87. The molecule has 1 aromatic carbocycles. The van der Waals surface area contributed by atoms with Crippen LogP contribution < -0.4 is 11.1 Å². The number of benzene rings is 1. The second-order valence-electron chi connectivity index (χ2n) is 3.91. The van der Waals surface area contributed by atoms with Crippen molar-refractivity contribution in [3.05, 3.63) is 28.2 Å². The number of hydrogen-bond acceptors (Lipinski definition) is 3. The normalized spacial score (nSPS) is 17.2.